The summed E-state index contributed by atoms with van der Waals surface area (Å²) in [5.41, 5.74) is 6.86. The molecular formula is C17H14F3N3. The van der Waals surface area contributed by atoms with Gasteiger partial charge in [0.25, 0.3) is 0 Å². The van der Waals surface area contributed by atoms with Gasteiger partial charge in [-0.1, -0.05) is 24.3 Å². The highest BCUT2D eigenvalue weighted by Crippen LogP contribution is 2.29. The van der Waals surface area contributed by atoms with Crippen LogP contribution in [0.25, 0.3) is 11.6 Å². The predicted molar refractivity (Wildman–Crippen MR) is 81.9 cm³/mol. The highest BCUT2D eigenvalue weighted by molar-refractivity contribution is 5.88. The molecule has 0 radical (unpaired) electrons. The van der Waals surface area contributed by atoms with Crippen LogP contribution < -0.4 is 5.73 Å². The molecule has 0 saturated heterocycles. The largest absolute Gasteiger partial charge is 0.417 e. The van der Waals surface area contributed by atoms with Crippen molar-refractivity contribution < 1.29 is 13.2 Å². The van der Waals surface area contributed by atoms with Crippen LogP contribution in [0, 0.1) is 11.3 Å². The monoisotopic (exact) mass is 317 g/mol. The Balaban J connectivity index is 2.32. The fourth-order valence-corrected chi connectivity index (χ4v) is 2.06. The molecule has 0 aliphatic carbocycles. The number of alkyl halides is 3. The normalized spacial score (nSPS) is 12.0. The van der Waals surface area contributed by atoms with Crippen molar-refractivity contribution in [3.8, 4) is 6.07 Å². The Hall–Kier alpha value is -2.65. The van der Waals surface area contributed by atoms with Gasteiger partial charge in [-0.05, 0) is 42.3 Å². The van der Waals surface area contributed by atoms with Gasteiger partial charge in [-0.3, -0.25) is 4.98 Å². The molecule has 1 aromatic carbocycles. The summed E-state index contributed by atoms with van der Waals surface area (Å²) in [6, 6.07) is 11.5. The highest BCUT2D eigenvalue weighted by atomic mass is 19.4. The molecule has 0 saturated carbocycles. The summed E-state index contributed by atoms with van der Waals surface area (Å²) >= 11 is 0. The Morgan fingerprint density at radius 1 is 1.26 bits per heavy atom. The number of hydrogen-bond acceptors (Lipinski definition) is 3. The molecule has 0 aliphatic rings. The number of hydrogen-bond donors (Lipinski definition) is 1. The van der Waals surface area contributed by atoms with E-state index in [2.05, 4.69) is 4.98 Å². The molecule has 3 nitrogen and oxygen atoms in total. The number of benzene rings is 1. The summed E-state index contributed by atoms with van der Waals surface area (Å²) in [6.45, 7) is 0.513. The number of pyridine rings is 1. The van der Waals surface area contributed by atoms with Crippen molar-refractivity contribution in [3.05, 3.63) is 65.0 Å². The van der Waals surface area contributed by atoms with Gasteiger partial charge in [0.1, 0.15) is 6.07 Å². The Bertz CT molecular complexity index is 741. The Labute approximate surface area is 131 Å². The summed E-state index contributed by atoms with van der Waals surface area (Å²) in [6.07, 6.45) is -1.42. The van der Waals surface area contributed by atoms with Crippen molar-refractivity contribution in [2.75, 3.05) is 6.54 Å². The minimum atomic E-state index is -4.45. The van der Waals surface area contributed by atoms with Gasteiger partial charge in [-0.15, -0.1) is 0 Å². The fourth-order valence-electron chi connectivity index (χ4n) is 2.06. The molecule has 2 aromatic rings. The van der Waals surface area contributed by atoms with Crippen molar-refractivity contribution in [3.63, 3.8) is 0 Å². The quantitative estimate of drug-likeness (QED) is 0.875. The number of aromatic nitrogens is 1. The second kappa shape index (κ2) is 7.07. The molecule has 6 heteroatoms. The fraction of sp³-hybridized carbons (Fsp3) is 0.176. The first kappa shape index (κ1) is 16.7. The maximum absolute atomic E-state index is 12.5. The summed E-state index contributed by atoms with van der Waals surface area (Å²) < 4.78 is 37.6. The average Bonchev–Trinajstić information content (AvgIpc) is 2.53. The molecule has 1 heterocycles. The van der Waals surface area contributed by atoms with Crippen LogP contribution in [0.2, 0.25) is 0 Å². The maximum atomic E-state index is 12.5. The van der Waals surface area contributed by atoms with Gasteiger partial charge in [-0.2, -0.15) is 18.4 Å². The molecule has 1 aromatic heterocycles. The zero-order valence-corrected chi connectivity index (χ0v) is 12.1. The molecule has 2 N–H and O–H groups in total. The Kier molecular flexibility index (Phi) is 5.14. The van der Waals surface area contributed by atoms with E-state index >= 15 is 0 Å². The van der Waals surface area contributed by atoms with E-state index in [1.165, 1.54) is 6.07 Å². The van der Waals surface area contributed by atoms with E-state index in [9.17, 15) is 18.4 Å². The van der Waals surface area contributed by atoms with E-state index in [0.29, 0.717) is 13.0 Å². The van der Waals surface area contributed by atoms with Crippen molar-refractivity contribution in [2.45, 2.75) is 12.6 Å². The number of allylic oxidation sites excluding steroid dienone is 1. The summed E-state index contributed by atoms with van der Waals surface area (Å²) in [5.74, 6) is 0. The third kappa shape index (κ3) is 4.41. The molecule has 2 rings (SSSR count). The van der Waals surface area contributed by atoms with Crippen LogP contribution in [0.4, 0.5) is 13.2 Å². The van der Waals surface area contributed by atoms with Gasteiger partial charge in [-0.25, -0.2) is 0 Å². The van der Waals surface area contributed by atoms with Crippen LogP contribution in [-0.2, 0) is 12.6 Å². The van der Waals surface area contributed by atoms with Crippen LogP contribution in [-0.4, -0.2) is 11.5 Å². The molecule has 0 fully saturated rings. The lowest BCUT2D eigenvalue weighted by atomic mass is 10.0. The van der Waals surface area contributed by atoms with Crippen LogP contribution >= 0.6 is 0 Å². The van der Waals surface area contributed by atoms with E-state index in [4.69, 9.17) is 5.73 Å². The van der Waals surface area contributed by atoms with Gasteiger partial charge < -0.3 is 5.73 Å². The number of nitriles is 1. The van der Waals surface area contributed by atoms with E-state index in [1.807, 2.05) is 24.3 Å². The molecule has 23 heavy (non-hydrogen) atoms. The van der Waals surface area contributed by atoms with Gasteiger partial charge in [0.15, 0.2) is 0 Å². The lowest BCUT2D eigenvalue weighted by molar-refractivity contribution is -0.137. The minimum absolute atomic E-state index is 0.198. The number of nitrogens with two attached hydrogens (primary N) is 1. The predicted octanol–water partition coefficient (Wildman–Crippen LogP) is 3.67. The zero-order valence-electron chi connectivity index (χ0n) is 12.1. The second-order valence-electron chi connectivity index (χ2n) is 4.88. The SMILES string of the molecule is N#C/C(=C/c1cccc(CCN)c1)c1ccc(C(F)(F)F)cn1. The lowest BCUT2D eigenvalue weighted by Crippen LogP contribution is -2.05. The molecule has 0 amide bonds. The first-order valence-corrected chi connectivity index (χ1v) is 6.88. The van der Waals surface area contributed by atoms with E-state index in [0.717, 1.165) is 23.4 Å². The van der Waals surface area contributed by atoms with Gasteiger partial charge in [0, 0.05) is 6.20 Å². The van der Waals surface area contributed by atoms with Gasteiger partial charge in [0.05, 0.1) is 16.8 Å². The number of halogens is 3. The smallest absolute Gasteiger partial charge is 0.330 e. The van der Waals surface area contributed by atoms with E-state index in [1.54, 1.807) is 12.1 Å². The first-order valence-electron chi connectivity index (χ1n) is 6.88. The molecule has 118 valence electrons. The van der Waals surface area contributed by atoms with Crippen LogP contribution in [0.5, 0.6) is 0 Å². The van der Waals surface area contributed by atoms with Crippen LogP contribution in [0.15, 0.2) is 42.6 Å². The highest BCUT2D eigenvalue weighted by Gasteiger charge is 2.30. The Morgan fingerprint density at radius 3 is 2.61 bits per heavy atom. The minimum Gasteiger partial charge on any atom is -0.330 e. The lowest BCUT2D eigenvalue weighted by Gasteiger charge is -2.06. The van der Waals surface area contributed by atoms with Crippen LogP contribution in [0.3, 0.4) is 0 Å². The molecular weight excluding hydrogens is 303 g/mol. The molecule has 0 atom stereocenters. The second-order valence-corrected chi connectivity index (χ2v) is 4.88. The molecule has 0 bridgehead atoms. The van der Waals surface area contributed by atoms with Crippen molar-refractivity contribution >= 4 is 11.6 Å². The number of nitrogens with zero attached hydrogens (tertiary/aromatic N) is 2. The summed E-state index contributed by atoms with van der Waals surface area (Å²) in [7, 11) is 0. The topological polar surface area (TPSA) is 62.7 Å². The van der Waals surface area contributed by atoms with E-state index < -0.39 is 11.7 Å². The molecule has 0 unspecified atom stereocenters. The number of rotatable bonds is 4. The van der Waals surface area contributed by atoms with Crippen molar-refractivity contribution in [1.29, 1.82) is 5.26 Å². The maximum Gasteiger partial charge on any atom is 0.417 e. The standard InChI is InChI=1S/C17H14F3N3/c18-17(19,20)15-4-5-16(23-11-15)14(10-22)9-13-3-1-2-12(8-13)6-7-21/h1-5,8-9,11H,6-7,21H2/b14-9-. The first-order chi connectivity index (χ1) is 10.9. The zero-order chi connectivity index (χ0) is 16.9. The Morgan fingerprint density at radius 2 is 2.04 bits per heavy atom. The van der Waals surface area contributed by atoms with E-state index in [-0.39, 0.29) is 11.3 Å². The summed E-state index contributed by atoms with van der Waals surface area (Å²) in [5, 5.41) is 9.24. The molecule has 0 spiro atoms. The third-order valence-electron chi connectivity index (χ3n) is 3.18. The van der Waals surface area contributed by atoms with Crippen LogP contribution in [0.1, 0.15) is 22.4 Å². The molecule has 0 aliphatic heterocycles. The van der Waals surface area contributed by atoms with Gasteiger partial charge in [0.2, 0.25) is 0 Å². The third-order valence-corrected chi connectivity index (χ3v) is 3.18. The van der Waals surface area contributed by atoms with Crippen molar-refractivity contribution in [2.24, 2.45) is 5.73 Å². The summed E-state index contributed by atoms with van der Waals surface area (Å²) in [4.78, 5) is 3.74. The van der Waals surface area contributed by atoms with Gasteiger partial charge >= 0.3 is 6.18 Å². The van der Waals surface area contributed by atoms with Crippen molar-refractivity contribution in [1.82, 2.24) is 4.98 Å². The average molecular weight is 317 g/mol.